The first-order valence-corrected chi connectivity index (χ1v) is 10.9. The number of methoxy groups -OCH3 is 2. The molecule has 2 aliphatic heterocycles. The van der Waals surface area contributed by atoms with Gasteiger partial charge in [0.1, 0.15) is 17.0 Å². The number of rotatable bonds is 6. The molecule has 0 saturated carbocycles. The van der Waals surface area contributed by atoms with E-state index in [1.165, 1.54) is 7.11 Å². The van der Waals surface area contributed by atoms with Gasteiger partial charge in [-0.05, 0) is 24.6 Å². The van der Waals surface area contributed by atoms with Gasteiger partial charge in [0.15, 0.2) is 0 Å². The molecule has 4 unspecified atom stereocenters. The topological polar surface area (TPSA) is 130 Å². The van der Waals surface area contributed by atoms with Gasteiger partial charge in [0, 0.05) is 40.7 Å². The summed E-state index contributed by atoms with van der Waals surface area (Å²) >= 11 is 0. The second kappa shape index (κ2) is 7.88. The number of carboxylic acid groups (broad SMARTS) is 1. The molecule has 1 aromatic heterocycles. The number of para-hydroxylation sites is 1. The number of carbonyl (C=O) groups is 3. The highest BCUT2D eigenvalue weighted by Crippen LogP contribution is 2.50. The number of ether oxygens (including phenoxy) is 2. The number of imide groups is 1. The van der Waals surface area contributed by atoms with E-state index in [0.717, 1.165) is 22.0 Å². The van der Waals surface area contributed by atoms with Gasteiger partial charge in [-0.25, -0.2) is 0 Å². The predicted octanol–water partition coefficient (Wildman–Crippen LogP) is 2.09. The molecule has 9 heteroatoms. The van der Waals surface area contributed by atoms with E-state index in [9.17, 15) is 19.5 Å². The third kappa shape index (κ3) is 3.00. The van der Waals surface area contributed by atoms with Crippen molar-refractivity contribution in [2.24, 2.45) is 11.8 Å². The molecule has 3 aromatic rings. The van der Waals surface area contributed by atoms with Crippen LogP contribution < -0.4 is 20.1 Å². The Morgan fingerprint density at radius 2 is 1.85 bits per heavy atom. The summed E-state index contributed by atoms with van der Waals surface area (Å²) in [5.41, 5.74) is 1.23. The summed E-state index contributed by atoms with van der Waals surface area (Å²) in [6, 6.07) is 10.3. The van der Waals surface area contributed by atoms with Crippen LogP contribution in [0.3, 0.4) is 0 Å². The van der Waals surface area contributed by atoms with Crippen molar-refractivity contribution in [3.05, 3.63) is 59.3 Å². The van der Waals surface area contributed by atoms with Crippen molar-refractivity contribution in [3.63, 3.8) is 0 Å². The smallest absolute Gasteiger partial charge is 0.325 e. The van der Waals surface area contributed by atoms with E-state index in [-0.39, 0.29) is 6.42 Å². The first kappa shape index (κ1) is 22.0. The Bertz CT molecular complexity index is 1330. The molecule has 2 aliphatic rings. The summed E-state index contributed by atoms with van der Waals surface area (Å²) in [7, 11) is 3.05. The van der Waals surface area contributed by atoms with Crippen molar-refractivity contribution in [1.82, 2.24) is 15.6 Å². The van der Waals surface area contributed by atoms with Crippen molar-refractivity contribution in [1.29, 1.82) is 0 Å². The van der Waals surface area contributed by atoms with Gasteiger partial charge in [0.25, 0.3) is 0 Å². The Morgan fingerprint density at radius 3 is 2.56 bits per heavy atom. The van der Waals surface area contributed by atoms with E-state index in [4.69, 9.17) is 9.47 Å². The fourth-order valence-electron chi connectivity index (χ4n) is 5.64. The summed E-state index contributed by atoms with van der Waals surface area (Å²) < 4.78 is 11.0. The van der Waals surface area contributed by atoms with Crippen LogP contribution in [0.4, 0.5) is 0 Å². The molecule has 0 spiro atoms. The minimum Gasteiger partial charge on any atom is -0.496 e. The predicted molar refractivity (Wildman–Crippen MR) is 123 cm³/mol. The molecule has 9 nitrogen and oxygen atoms in total. The maximum atomic E-state index is 13.0. The Kier molecular flexibility index (Phi) is 5.09. The number of carboxylic acids is 1. The third-order valence-electron chi connectivity index (χ3n) is 7.17. The van der Waals surface area contributed by atoms with Gasteiger partial charge < -0.3 is 19.6 Å². The Labute approximate surface area is 195 Å². The number of aromatic nitrogens is 1. The minimum absolute atomic E-state index is 0.0160. The third-order valence-corrected chi connectivity index (χ3v) is 7.17. The molecule has 4 N–H and O–H groups in total. The van der Waals surface area contributed by atoms with Crippen LogP contribution in [0.1, 0.15) is 22.7 Å². The van der Waals surface area contributed by atoms with Crippen molar-refractivity contribution in [2.75, 3.05) is 14.2 Å². The van der Waals surface area contributed by atoms with Gasteiger partial charge in [0.2, 0.25) is 11.8 Å². The molecule has 3 heterocycles. The lowest BCUT2D eigenvalue weighted by molar-refractivity contribution is -0.149. The highest BCUT2D eigenvalue weighted by atomic mass is 16.5. The number of H-pyrrole nitrogens is 1. The number of carbonyl (C=O) groups excluding carboxylic acids is 2. The first-order chi connectivity index (χ1) is 16.3. The lowest BCUT2D eigenvalue weighted by atomic mass is 9.76. The van der Waals surface area contributed by atoms with Crippen LogP contribution in [-0.2, 0) is 20.8 Å². The Balaban J connectivity index is 1.66. The number of aliphatic carboxylic acids is 1. The zero-order valence-corrected chi connectivity index (χ0v) is 19.0. The fourth-order valence-corrected chi connectivity index (χ4v) is 5.64. The van der Waals surface area contributed by atoms with Crippen LogP contribution in [-0.4, -0.2) is 47.6 Å². The number of hydrogen-bond donors (Lipinski definition) is 4. The number of fused-ring (bicyclic) bond motifs is 2. The number of amides is 2. The molecule has 2 amide bonds. The lowest BCUT2D eigenvalue weighted by Crippen LogP contribution is -2.57. The number of aromatic amines is 1. The van der Waals surface area contributed by atoms with Gasteiger partial charge in [-0.2, -0.15) is 0 Å². The zero-order chi connectivity index (χ0) is 24.2. The minimum atomic E-state index is -1.70. The fraction of sp³-hybridized carbons (Fsp3) is 0.320. The van der Waals surface area contributed by atoms with Crippen molar-refractivity contribution in [2.45, 2.75) is 24.9 Å². The number of nitrogens with one attached hydrogen (secondary N) is 3. The van der Waals surface area contributed by atoms with E-state index in [1.807, 2.05) is 31.2 Å². The molecule has 34 heavy (non-hydrogen) atoms. The summed E-state index contributed by atoms with van der Waals surface area (Å²) in [4.78, 5) is 42.0. The molecule has 2 saturated heterocycles. The largest absolute Gasteiger partial charge is 0.496 e. The average Bonchev–Trinajstić information content (AvgIpc) is 3.47. The maximum absolute atomic E-state index is 13.0. The van der Waals surface area contributed by atoms with Crippen LogP contribution in [0, 0.1) is 18.8 Å². The van der Waals surface area contributed by atoms with Crippen molar-refractivity contribution >= 4 is 28.7 Å². The van der Waals surface area contributed by atoms with Crippen LogP contribution in [0.15, 0.2) is 42.6 Å². The molecule has 0 radical (unpaired) electrons. The Morgan fingerprint density at radius 1 is 1.09 bits per heavy atom. The van der Waals surface area contributed by atoms with Crippen LogP contribution >= 0.6 is 0 Å². The summed E-state index contributed by atoms with van der Waals surface area (Å²) in [6.45, 7) is 1.82. The normalized spacial score (nSPS) is 25.9. The van der Waals surface area contributed by atoms with Gasteiger partial charge in [-0.1, -0.05) is 24.3 Å². The van der Waals surface area contributed by atoms with Gasteiger partial charge in [-0.3, -0.25) is 25.0 Å². The second-order valence-corrected chi connectivity index (χ2v) is 8.81. The van der Waals surface area contributed by atoms with Crippen LogP contribution in [0.25, 0.3) is 10.9 Å². The molecule has 0 aliphatic carbocycles. The molecule has 4 atom stereocenters. The summed E-state index contributed by atoms with van der Waals surface area (Å²) in [6.07, 6.45) is 1.77. The quantitative estimate of drug-likeness (QED) is 0.412. The standard InChI is InChI=1S/C25H25N3O6/c1-12-17(33-2)9-8-15(21(12)34-3)20-18-19(23(30)27-22(18)29)25(28-20,24(31)32)10-13-11-26-16-7-5-4-6-14(13)16/h4-9,11,18-20,26,28H,10H2,1-3H3,(H,31,32)(H,27,29,30). The summed E-state index contributed by atoms with van der Waals surface area (Å²) in [5, 5.41) is 16.9. The van der Waals surface area contributed by atoms with Crippen LogP contribution in [0.2, 0.25) is 0 Å². The average molecular weight is 463 g/mol. The van der Waals surface area contributed by atoms with E-state index in [1.54, 1.807) is 25.4 Å². The zero-order valence-electron chi connectivity index (χ0n) is 19.0. The van der Waals surface area contributed by atoms with Gasteiger partial charge in [0.05, 0.1) is 26.1 Å². The van der Waals surface area contributed by atoms with Gasteiger partial charge >= 0.3 is 5.97 Å². The van der Waals surface area contributed by atoms with Crippen molar-refractivity contribution in [3.8, 4) is 11.5 Å². The molecule has 2 fully saturated rings. The Hall–Kier alpha value is -3.85. The van der Waals surface area contributed by atoms with Gasteiger partial charge in [-0.15, -0.1) is 0 Å². The summed E-state index contributed by atoms with van der Waals surface area (Å²) in [5.74, 6) is -3.19. The highest BCUT2D eigenvalue weighted by molar-refractivity contribution is 6.09. The molecular weight excluding hydrogens is 438 g/mol. The molecule has 176 valence electrons. The molecular formula is C25H25N3O6. The van der Waals surface area contributed by atoms with Crippen molar-refractivity contribution < 1.29 is 29.0 Å². The first-order valence-electron chi connectivity index (χ1n) is 10.9. The number of benzene rings is 2. The lowest BCUT2D eigenvalue weighted by Gasteiger charge is -2.30. The maximum Gasteiger partial charge on any atom is 0.325 e. The van der Waals surface area contributed by atoms with E-state index >= 15 is 0 Å². The molecule has 2 aromatic carbocycles. The molecule has 5 rings (SSSR count). The number of hydrogen-bond acceptors (Lipinski definition) is 6. The van der Waals surface area contributed by atoms with E-state index in [0.29, 0.717) is 17.1 Å². The van der Waals surface area contributed by atoms with E-state index < -0.39 is 41.2 Å². The SMILES string of the molecule is COc1ccc(C2NC(Cc3c[nH]c4ccccc34)(C(=O)O)C3C(=O)NC(=O)C23)c(OC)c1C. The highest BCUT2D eigenvalue weighted by Gasteiger charge is 2.66. The molecule has 0 bridgehead atoms. The second-order valence-electron chi connectivity index (χ2n) is 8.81. The van der Waals surface area contributed by atoms with Crippen LogP contribution in [0.5, 0.6) is 11.5 Å². The monoisotopic (exact) mass is 463 g/mol. The van der Waals surface area contributed by atoms with E-state index in [2.05, 4.69) is 15.6 Å².